The van der Waals surface area contributed by atoms with Gasteiger partial charge in [0.2, 0.25) is 0 Å². The molecule has 2 aromatic carbocycles. The molecule has 0 saturated heterocycles. The van der Waals surface area contributed by atoms with Gasteiger partial charge in [-0.3, -0.25) is 4.57 Å². The highest BCUT2D eigenvalue weighted by atomic mass is 31.1. The summed E-state index contributed by atoms with van der Waals surface area (Å²) in [6, 6.07) is 14.2. The van der Waals surface area contributed by atoms with Gasteiger partial charge < -0.3 is 0 Å². The zero-order chi connectivity index (χ0) is 10.8. The lowest BCUT2D eigenvalue weighted by Crippen LogP contribution is -2.01. The molecule has 0 bridgehead atoms. The van der Waals surface area contributed by atoms with E-state index in [0.29, 0.717) is 0 Å². The summed E-state index contributed by atoms with van der Waals surface area (Å²) in [7, 11) is -1.26. The van der Waals surface area contributed by atoms with Crippen molar-refractivity contribution >= 4 is 23.9 Å². The van der Waals surface area contributed by atoms with Crippen molar-refractivity contribution in [2.24, 2.45) is 0 Å². The molecule has 15 heavy (non-hydrogen) atoms. The third-order valence-electron chi connectivity index (χ3n) is 2.46. The Morgan fingerprint density at radius 3 is 2.33 bits per heavy atom. The monoisotopic (exact) mass is 217 g/mol. The molecular formula is C13H14OP. The average molecular weight is 217 g/mol. The van der Waals surface area contributed by atoms with Crippen molar-refractivity contribution in [2.45, 2.75) is 19.5 Å². The van der Waals surface area contributed by atoms with Crippen molar-refractivity contribution in [3.63, 3.8) is 0 Å². The van der Waals surface area contributed by atoms with Crippen LogP contribution in [0.3, 0.4) is 0 Å². The van der Waals surface area contributed by atoms with E-state index in [1.807, 2.05) is 44.2 Å². The zero-order valence-electron chi connectivity index (χ0n) is 8.97. The van der Waals surface area contributed by atoms with Gasteiger partial charge in [-0.15, -0.1) is 0 Å². The van der Waals surface area contributed by atoms with E-state index in [0.717, 1.165) is 5.30 Å². The smallest absolute Gasteiger partial charge is 0.107 e. The summed E-state index contributed by atoms with van der Waals surface area (Å²) >= 11 is 0. The molecule has 0 spiro atoms. The van der Waals surface area contributed by atoms with Crippen LogP contribution in [0.2, 0.25) is 0 Å². The fourth-order valence-corrected chi connectivity index (χ4v) is 2.70. The first kappa shape index (κ1) is 10.3. The summed E-state index contributed by atoms with van der Waals surface area (Å²) in [6.07, 6.45) is 0. The summed E-state index contributed by atoms with van der Waals surface area (Å²) in [4.78, 5) is 0. The molecule has 77 valence electrons. The molecule has 1 nitrogen and oxygen atoms in total. The van der Waals surface area contributed by atoms with Crippen molar-refractivity contribution in [2.75, 3.05) is 0 Å². The van der Waals surface area contributed by atoms with Gasteiger partial charge in [0.1, 0.15) is 7.80 Å². The predicted octanol–water partition coefficient (Wildman–Crippen LogP) is 3.70. The van der Waals surface area contributed by atoms with E-state index in [4.69, 9.17) is 0 Å². The highest BCUT2D eigenvalue weighted by molar-refractivity contribution is 7.54. The van der Waals surface area contributed by atoms with Crippen LogP contribution in [-0.4, -0.2) is 5.66 Å². The number of rotatable bonds is 2. The highest BCUT2D eigenvalue weighted by Gasteiger charge is 2.09. The molecule has 2 heteroatoms. The maximum absolute atomic E-state index is 11.9. The SMILES string of the molecule is CC(C)[P](=O)c1ccc2ccccc2c1. The molecule has 1 radical (unpaired) electrons. The van der Waals surface area contributed by atoms with Crippen LogP contribution < -0.4 is 5.30 Å². The lowest BCUT2D eigenvalue weighted by atomic mass is 10.1. The molecule has 0 fully saturated rings. The minimum atomic E-state index is -1.26. The van der Waals surface area contributed by atoms with Crippen molar-refractivity contribution in [1.29, 1.82) is 0 Å². The Balaban J connectivity index is 2.52. The van der Waals surface area contributed by atoms with Gasteiger partial charge in [0, 0.05) is 11.0 Å². The van der Waals surface area contributed by atoms with Crippen LogP contribution in [0.5, 0.6) is 0 Å². The van der Waals surface area contributed by atoms with E-state index in [9.17, 15) is 4.57 Å². The molecule has 0 aromatic heterocycles. The zero-order valence-corrected chi connectivity index (χ0v) is 9.87. The Morgan fingerprint density at radius 2 is 1.67 bits per heavy atom. The number of hydrogen-bond donors (Lipinski definition) is 0. The Labute approximate surface area is 90.9 Å². The second-order valence-corrected chi connectivity index (χ2v) is 6.15. The maximum atomic E-state index is 11.9. The van der Waals surface area contributed by atoms with Gasteiger partial charge in [0.05, 0.1) is 0 Å². The minimum Gasteiger partial charge on any atom is -0.282 e. The molecule has 2 aromatic rings. The summed E-state index contributed by atoms with van der Waals surface area (Å²) in [5, 5.41) is 3.33. The quantitative estimate of drug-likeness (QED) is 0.701. The topological polar surface area (TPSA) is 17.1 Å². The number of benzene rings is 2. The Morgan fingerprint density at radius 1 is 1.00 bits per heavy atom. The van der Waals surface area contributed by atoms with Gasteiger partial charge in [-0.2, -0.15) is 0 Å². The predicted molar refractivity (Wildman–Crippen MR) is 66.3 cm³/mol. The Kier molecular flexibility index (Phi) is 2.83. The van der Waals surface area contributed by atoms with E-state index in [1.165, 1.54) is 10.8 Å². The molecule has 2 rings (SSSR count). The van der Waals surface area contributed by atoms with Crippen LogP contribution in [0, 0.1) is 0 Å². The molecule has 0 heterocycles. The van der Waals surface area contributed by atoms with E-state index in [2.05, 4.69) is 12.1 Å². The molecular weight excluding hydrogens is 203 g/mol. The molecule has 0 saturated carbocycles. The molecule has 0 aliphatic heterocycles. The molecule has 0 aliphatic carbocycles. The van der Waals surface area contributed by atoms with Crippen molar-refractivity contribution in [3.05, 3.63) is 42.5 Å². The average Bonchev–Trinajstić information content (AvgIpc) is 2.27. The Hall–Kier alpha value is -1.20. The van der Waals surface area contributed by atoms with E-state index in [-0.39, 0.29) is 5.66 Å². The van der Waals surface area contributed by atoms with Crippen LogP contribution in [0.4, 0.5) is 0 Å². The standard InChI is InChI=1S/C13H14OP/c1-10(2)15(14)13-8-7-11-5-3-4-6-12(11)9-13/h3-10H,1-2H3. The fourth-order valence-electron chi connectivity index (χ4n) is 1.61. The lowest BCUT2D eigenvalue weighted by molar-refractivity contribution is 0.588. The lowest BCUT2D eigenvalue weighted by Gasteiger charge is -2.05. The summed E-state index contributed by atoms with van der Waals surface area (Å²) in [5.74, 6) is 0. The van der Waals surface area contributed by atoms with Gasteiger partial charge in [0.25, 0.3) is 0 Å². The van der Waals surface area contributed by atoms with Gasteiger partial charge in [0.15, 0.2) is 0 Å². The molecule has 0 aliphatic rings. The van der Waals surface area contributed by atoms with Crippen LogP contribution in [-0.2, 0) is 4.57 Å². The summed E-state index contributed by atoms with van der Waals surface area (Å²) in [6.45, 7) is 3.99. The van der Waals surface area contributed by atoms with E-state index in [1.54, 1.807) is 0 Å². The summed E-state index contributed by atoms with van der Waals surface area (Å²) < 4.78 is 11.9. The van der Waals surface area contributed by atoms with Crippen LogP contribution >= 0.6 is 7.80 Å². The van der Waals surface area contributed by atoms with Crippen molar-refractivity contribution < 1.29 is 4.57 Å². The van der Waals surface area contributed by atoms with Crippen LogP contribution in [0.15, 0.2) is 42.5 Å². The van der Waals surface area contributed by atoms with Gasteiger partial charge in [-0.05, 0) is 22.9 Å². The third kappa shape index (κ3) is 2.08. The van der Waals surface area contributed by atoms with Crippen LogP contribution in [0.1, 0.15) is 13.8 Å². The van der Waals surface area contributed by atoms with Crippen LogP contribution in [0.25, 0.3) is 10.8 Å². The number of fused-ring (bicyclic) bond motifs is 1. The second kappa shape index (κ2) is 4.12. The summed E-state index contributed by atoms with van der Waals surface area (Å²) in [5.41, 5.74) is 0.209. The van der Waals surface area contributed by atoms with E-state index < -0.39 is 7.80 Å². The highest BCUT2D eigenvalue weighted by Crippen LogP contribution is 2.27. The minimum absolute atomic E-state index is 0.209. The third-order valence-corrected chi connectivity index (χ3v) is 4.18. The largest absolute Gasteiger partial charge is 0.282 e. The van der Waals surface area contributed by atoms with Gasteiger partial charge in [-0.25, -0.2) is 0 Å². The first-order valence-electron chi connectivity index (χ1n) is 5.13. The van der Waals surface area contributed by atoms with E-state index >= 15 is 0 Å². The normalized spacial score (nSPS) is 12.1. The molecule has 1 atom stereocenters. The molecule has 0 N–H and O–H groups in total. The maximum Gasteiger partial charge on any atom is 0.107 e. The molecule has 0 amide bonds. The Bertz CT molecular complexity index is 503. The van der Waals surface area contributed by atoms with Gasteiger partial charge >= 0.3 is 0 Å². The first-order valence-corrected chi connectivity index (χ1v) is 6.46. The first-order chi connectivity index (χ1) is 7.18. The molecule has 1 unspecified atom stereocenters. The fraction of sp³-hybridized carbons (Fsp3) is 0.231. The van der Waals surface area contributed by atoms with Gasteiger partial charge in [-0.1, -0.05) is 44.2 Å². The van der Waals surface area contributed by atoms with Crippen molar-refractivity contribution in [1.82, 2.24) is 0 Å². The van der Waals surface area contributed by atoms with Crippen molar-refractivity contribution in [3.8, 4) is 0 Å². The number of hydrogen-bond acceptors (Lipinski definition) is 1. The second-order valence-electron chi connectivity index (χ2n) is 3.95.